The number of hydrogen-bond donors (Lipinski definition) is 2. The van der Waals surface area contributed by atoms with Gasteiger partial charge in [-0.15, -0.1) is 0 Å². The third-order valence-electron chi connectivity index (χ3n) is 3.36. The molecule has 0 fully saturated rings. The molecule has 0 amide bonds. The van der Waals surface area contributed by atoms with Crippen molar-refractivity contribution in [3.8, 4) is 0 Å². The summed E-state index contributed by atoms with van der Waals surface area (Å²) in [6.07, 6.45) is 3.34. The average Bonchev–Trinajstić information content (AvgIpc) is 2.89. The van der Waals surface area contributed by atoms with Crippen molar-refractivity contribution in [3.63, 3.8) is 0 Å². The largest absolute Gasteiger partial charge is 0.390 e. The number of H-pyrrole nitrogens is 1. The van der Waals surface area contributed by atoms with Gasteiger partial charge in [-0.3, -0.25) is 14.9 Å². The maximum absolute atomic E-state index is 11.0. The Morgan fingerprint density at radius 2 is 2.13 bits per heavy atom. The van der Waals surface area contributed by atoms with E-state index in [0.29, 0.717) is 22.5 Å². The lowest BCUT2D eigenvalue weighted by Gasteiger charge is -2.04. The third kappa shape index (κ3) is 3.31. The SMILES string of the molecule is Cc1ccc([N+](=O)[O-])cc1N=C(N=CN)c1[nH]cc(C=O)c1C. The van der Waals surface area contributed by atoms with Crippen LogP contribution in [-0.2, 0) is 0 Å². The van der Waals surface area contributed by atoms with E-state index in [1.54, 1.807) is 26.1 Å². The van der Waals surface area contributed by atoms with E-state index in [-0.39, 0.29) is 11.5 Å². The van der Waals surface area contributed by atoms with E-state index < -0.39 is 4.92 Å². The molecule has 8 heteroatoms. The zero-order chi connectivity index (χ0) is 17.0. The summed E-state index contributed by atoms with van der Waals surface area (Å²) < 4.78 is 0. The van der Waals surface area contributed by atoms with Gasteiger partial charge in [-0.1, -0.05) is 6.07 Å². The van der Waals surface area contributed by atoms with Crippen molar-refractivity contribution >= 4 is 29.8 Å². The quantitative estimate of drug-likeness (QED) is 0.295. The van der Waals surface area contributed by atoms with Crippen molar-refractivity contribution in [2.75, 3.05) is 0 Å². The van der Waals surface area contributed by atoms with Gasteiger partial charge in [-0.25, -0.2) is 9.98 Å². The molecule has 118 valence electrons. The Balaban J connectivity index is 2.59. The molecule has 0 radical (unpaired) electrons. The molecule has 0 atom stereocenters. The summed E-state index contributed by atoms with van der Waals surface area (Å²) in [5.74, 6) is 0.238. The molecule has 0 saturated carbocycles. The molecule has 0 spiro atoms. The van der Waals surface area contributed by atoms with Gasteiger partial charge < -0.3 is 10.7 Å². The van der Waals surface area contributed by atoms with Crippen molar-refractivity contribution < 1.29 is 9.72 Å². The highest BCUT2D eigenvalue weighted by Crippen LogP contribution is 2.26. The molecule has 1 aromatic carbocycles. The highest BCUT2D eigenvalue weighted by atomic mass is 16.6. The number of nitrogens with one attached hydrogen (secondary N) is 1. The molecule has 2 rings (SSSR count). The molecule has 1 heterocycles. The Bertz CT molecular complexity index is 821. The number of aromatic nitrogens is 1. The van der Waals surface area contributed by atoms with Crippen molar-refractivity contribution in [2.24, 2.45) is 15.7 Å². The van der Waals surface area contributed by atoms with Crippen LogP contribution >= 0.6 is 0 Å². The van der Waals surface area contributed by atoms with E-state index in [1.807, 2.05) is 0 Å². The number of nitrogens with zero attached hydrogens (tertiary/aromatic N) is 3. The number of nitro benzene ring substituents is 1. The maximum atomic E-state index is 11.0. The number of amidine groups is 1. The van der Waals surface area contributed by atoms with Crippen molar-refractivity contribution in [1.82, 2.24) is 4.98 Å². The first-order valence-corrected chi connectivity index (χ1v) is 6.69. The molecule has 0 unspecified atom stereocenters. The first-order chi connectivity index (χ1) is 11.0. The van der Waals surface area contributed by atoms with Gasteiger partial charge in [0.2, 0.25) is 0 Å². The van der Waals surface area contributed by atoms with E-state index in [4.69, 9.17) is 5.73 Å². The second-order valence-electron chi connectivity index (χ2n) is 4.80. The lowest BCUT2D eigenvalue weighted by Crippen LogP contribution is -2.04. The number of carbonyl (C=O) groups is 1. The molecule has 0 aliphatic heterocycles. The van der Waals surface area contributed by atoms with Crippen LogP contribution in [0.3, 0.4) is 0 Å². The number of non-ortho nitro benzene ring substituents is 1. The lowest BCUT2D eigenvalue weighted by molar-refractivity contribution is -0.384. The van der Waals surface area contributed by atoms with Gasteiger partial charge in [0.15, 0.2) is 12.1 Å². The van der Waals surface area contributed by atoms with E-state index in [1.165, 1.54) is 12.1 Å². The van der Waals surface area contributed by atoms with Gasteiger partial charge in [-0.05, 0) is 25.0 Å². The second-order valence-corrected chi connectivity index (χ2v) is 4.80. The number of aromatic amines is 1. The van der Waals surface area contributed by atoms with Gasteiger partial charge >= 0.3 is 0 Å². The van der Waals surface area contributed by atoms with E-state index in [0.717, 1.165) is 18.2 Å². The number of nitrogens with two attached hydrogens (primary N) is 1. The fourth-order valence-corrected chi connectivity index (χ4v) is 2.03. The Hall–Kier alpha value is -3.29. The van der Waals surface area contributed by atoms with Crippen LogP contribution in [0.5, 0.6) is 0 Å². The highest BCUT2D eigenvalue weighted by Gasteiger charge is 2.14. The Kier molecular flexibility index (Phi) is 4.65. The van der Waals surface area contributed by atoms with Crippen LogP contribution in [0.2, 0.25) is 0 Å². The fourth-order valence-electron chi connectivity index (χ4n) is 2.03. The molecule has 23 heavy (non-hydrogen) atoms. The zero-order valence-corrected chi connectivity index (χ0v) is 12.6. The van der Waals surface area contributed by atoms with Crippen LogP contribution in [-0.4, -0.2) is 28.4 Å². The van der Waals surface area contributed by atoms with E-state index in [2.05, 4.69) is 15.0 Å². The summed E-state index contributed by atoms with van der Waals surface area (Å²) >= 11 is 0. The molecule has 0 bridgehead atoms. The van der Waals surface area contributed by atoms with Crippen LogP contribution in [0.15, 0.2) is 34.4 Å². The molecular formula is C15H15N5O3. The third-order valence-corrected chi connectivity index (χ3v) is 3.36. The number of aryl methyl sites for hydroxylation is 1. The predicted molar refractivity (Wildman–Crippen MR) is 87.6 cm³/mol. The Labute approximate surface area is 131 Å². The molecule has 0 aliphatic rings. The minimum Gasteiger partial charge on any atom is -0.390 e. The smallest absolute Gasteiger partial charge is 0.271 e. The van der Waals surface area contributed by atoms with Crippen molar-refractivity contribution in [3.05, 3.63) is 56.9 Å². The number of aliphatic imine (C=N–C) groups is 2. The van der Waals surface area contributed by atoms with E-state index >= 15 is 0 Å². The number of rotatable bonds is 4. The van der Waals surface area contributed by atoms with Crippen molar-refractivity contribution in [2.45, 2.75) is 13.8 Å². The number of carbonyl (C=O) groups excluding carboxylic acids is 1. The zero-order valence-electron chi connectivity index (χ0n) is 12.6. The first kappa shape index (κ1) is 16.1. The van der Waals surface area contributed by atoms with Gasteiger partial charge in [0.1, 0.15) is 0 Å². The fraction of sp³-hybridized carbons (Fsp3) is 0.133. The summed E-state index contributed by atoms with van der Waals surface area (Å²) in [5, 5.41) is 10.9. The normalized spacial score (nSPS) is 11.8. The van der Waals surface area contributed by atoms with Crippen LogP contribution < -0.4 is 5.73 Å². The molecular weight excluding hydrogens is 298 g/mol. The summed E-state index contributed by atoms with van der Waals surface area (Å²) in [4.78, 5) is 32.6. The standard InChI is InChI=1S/C15H15N5O3/c1-9-3-4-12(20(22)23)5-13(9)19-15(18-8-16)14-10(2)11(7-21)6-17-14/h3-8,17H,1-2H3,(H2,16,18,19). The van der Waals surface area contributed by atoms with Crippen LogP contribution in [0, 0.1) is 24.0 Å². The van der Waals surface area contributed by atoms with Gasteiger partial charge in [0.05, 0.1) is 22.6 Å². The lowest BCUT2D eigenvalue weighted by atomic mass is 10.1. The monoisotopic (exact) mass is 313 g/mol. The molecule has 0 saturated heterocycles. The summed E-state index contributed by atoms with van der Waals surface area (Å²) in [6.45, 7) is 3.53. The van der Waals surface area contributed by atoms with Crippen molar-refractivity contribution in [1.29, 1.82) is 0 Å². The summed E-state index contributed by atoms with van der Waals surface area (Å²) in [5.41, 5.74) is 8.13. The summed E-state index contributed by atoms with van der Waals surface area (Å²) in [6, 6.07) is 4.38. The average molecular weight is 313 g/mol. The number of nitro groups is 1. The predicted octanol–water partition coefficient (Wildman–Crippen LogP) is 2.42. The van der Waals surface area contributed by atoms with Gasteiger partial charge in [-0.2, -0.15) is 0 Å². The highest BCUT2D eigenvalue weighted by molar-refractivity contribution is 6.05. The second kappa shape index (κ2) is 6.65. The molecule has 0 aliphatic carbocycles. The van der Waals surface area contributed by atoms with Gasteiger partial charge in [0, 0.05) is 23.9 Å². The van der Waals surface area contributed by atoms with Crippen LogP contribution in [0.25, 0.3) is 0 Å². The number of benzene rings is 1. The van der Waals surface area contributed by atoms with Gasteiger partial charge in [0.25, 0.3) is 5.69 Å². The molecule has 1 aromatic heterocycles. The minimum absolute atomic E-state index is 0.0674. The minimum atomic E-state index is -0.491. The Morgan fingerprint density at radius 1 is 1.39 bits per heavy atom. The topological polar surface area (TPSA) is 127 Å². The molecule has 2 aromatic rings. The summed E-state index contributed by atoms with van der Waals surface area (Å²) in [7, 11) is 0. The molecule has 8 nitrogen and oxygen atoms in total. The molecule has 3 N–H and O–H groups in total. The number of aldehydes is 1. The maximum Gasteiger partial charge on any atom is 0.271 e. The number of hydrogen-bond acceptors (Lipinski definition) is 4. The first-order valence-electron chi connectivity index (χ1n) is 6.69. The Morgan fingerprint density at radius 3 is 2.70 bits per heavy atom. The van der Waals surface area contributed by atoms with Crippen LogP contribution in [0.4, 0.5) is 11.4 Å². The van der Waals surface area contributed by atoms with E-state index in [9.17, 15) is 14.9 Å². The van der Waals surface area contributed by atoms with Crippen LogP contribution in [0.1, 0.15) is 27.2 Å².